The molecule has 1 aromatic heterocycles. The molecule has 150 valence electrons. The minimum atomic E-state index is 0.336. The van der Waals surface area contributed by atoms with Crippen molar-refractivity contribution in [1.29, 1.82) is 0 Å². The Morgan fingerprint density at radius 1 is 1.07 bits per heavy atom. The van der Waals surface area contributed by atoms with Gasteiger partial charge in [-0.05, 0) is 46.4 Å². The maximum Gasteiger partial charge on any atom is 0.0476 e. The second-order valence-electron chi connectivity index (χ2n) is 8.02. The molecule has 4 rings (SSSR count). The van der Waals surface area contributed by atoms with Crippen molar-refractivity contribution >= 4 is 11.6 Å². The maximum atomic E-state index is 6.11. The Morgan fingerprint density at radius 2 is 1.86 bits per heavy atom. The van der Waals surface area contributed by atoms with Crippen LogP contribution in [0.5, 0.6) is 0 Å². The molecule has 1 atom stereocenters. The van der Waals surface area contributed by atoms with Crippen molar-refractivity contribution in [2.45, 2.75) is 32.4 Å². The summed E-state index contributed by atoms with van der Waals surface area (Å²) in [5.41, 5.74) is 6.54. The quantitative estimate of drug-likeness (QED) is 0.592. The van der Waals surface area contributed by atoms with Crippen LogP contribution in [0.4, 0.5) is 0 Å². The molecule has 3 aromatic rings. The molecule has 0 saturated carbocycles. The van der Waals surface area contributed by atoms with Crippen LogP contribution in [0.25, 0.3) is 11.1 Å². The van der Waals surface area contributed by atoms with Gasteiger partial charge >= 0.3 is 0 Å². The minimum Gasteiger partial charge on any atom is -0.314 e. The normalized spacial score (nSPS) is 17.6. The minimum absolute atomic E-state index is 0.336. The fourth-order valence-corrected chi connectivity index (χ4v) is 4.34. The SMILES string of the molecule is CC(C)c1ccccc1-c1cnccc1CN1CCNC[C@H]1c1ccc(Cl)cc1. The average molecular weight is 406 g/mol. The summed E-state index contributed by atoms with van der Waals surface area (Å²) in [6, 6.07) is 19.5. The topological polar surface area (TPSA) is 28.2 Å². The predicted octanol–water partition coefficient (Wildman–Crippen LogP) is 5.67. The lowest BCUT2D eigenvalue weighted by molar-refractivity contribution is 0.154. The van der Waals surface area contributed by atoms with Crippen LogP contribution in [0.1, 0.15) is 42.5 Å². The number of benzene rings is 2. The van der Waals surface area contributed by atoms with Crippen LogP contribution in [0.15, 0.2) is 67.0 Å². The Morgan fingerprint density at radius 3 is 2.66 bits per heavy atom. The maximum absolute atomic E-state index is 6.11. The molecule has 2 aromatic carbocycles. The third-order valence-electron chi connectivity index (χ3n) is 5.77. The van der Waals surface area contributed by atoms with E-state index in [4.69, 9.17) is 11.6 Å². The van der Waals surface area contributed by atoms with Gasteiger partial charge < -0.3 is 5.32 Å². The molecule has 2 heterocycles. The molecule has 0 bridgehead atoms. The van der Waals surface area contributed by atoms with Crippen LogP contribution in [0, 0.1) is 0 Å². The zero-order valence-electron chi connectivity index (χ0n) is 17.1. The van der Waals surface area contributed by atoms with E-state index in [1.165, 1.54) is 27.8 Å². The van der Waals surface area contributed by atoms with Crippen molar-refractivity contribution in [3.63, 3.8) is 0 Å². The highest BCUT2D eigenvalue weighted by Gasteiger charge is 2.25. The number of hydrogen-bond acceptors (Lipinski definition) is 3. The number of rotatable bonds is 5. The molecule has 3 nitrogen and oxygen atoms in total. The molecule has 1 aliphatic heterocycles. The molecule has 0 spiro atoms. The van der Waals surface area contributed by atoms with Crippen molar-refractivity contribution in [1.82, 2.24) is 15.2 Å². The van der Waals surface area contributed by atoms with Gasteiger partial charge in [-0.2, -0.15) is 0 Å². The number of hydrogen-bond donors (Lipinski definition) is 1. The van der Waals surface area contributed by atoms with Gasteiger partial charge in [-0.25, -0.2) is 0 Å². The lowest BCUT2D eigenvalue weighted by Gasteiger charge is -2.37. The first-order valence-corrected chi connectivity index (χ1v) is 10.7. The Labute approximate surface area is 178 Å². The largest absolute Gasteiger partial charge is 0.314 e. The Hall–Kier alpha value is -2.20. The Balaban J connectivity index is 1.67. The Kier molecular flexibility index (Phi) is 6.29. The first-order valence-electron chi connectivity index (χ1n) is 10.4. The molecular weight excluding hydrogens is 378 g/mol. The number of pyridine rings is 1. The highest BCUT2D eigenvalue weighted by molar-refractivity contribution is 6.30. The van der Waals surface area contributed by atoms with E-state index in [2.05, 4.69) is 71.5 Å². The molecule has 4 heteroatoms. The zero-order chi connectivity index (χ0) is 20.2. The summed E-state index contributed by atoms with van der Waals surface area (Å²) in [6.45, 7) is 8.38. The van der Waals surface area contributed by atoms with Gasteiger partial charge in [0.1, 0.15) is 0 Å². The van der Waals surface area contributed by atoms with E-state index in [0.717, 1.165) is 31.2 Å². The molecule has 0 unspecified atom stereocenters. The van der Waals surface area contributed by atoms with Crippen LogP contribution in [0.2, 0.25) is 5.02 Å². The first-order chi connectivity index (χ1) is 14.1. The third-order valence-corrected chi connectivity index (χ3v) is 6.02. The fraction of sp³-hybridized carbons (Fsp3) is 0.320. The summed E-state index contributed by atoms with van der Waals surface area (Å²) in [5.74, 6) is 0.472. The number of nitrogens with zero attached hydrogens (tertiary/aromatic N) is 2. The molecule has 1 saturated heterocycles. The average Bonchev–Trinajstić information content (AvgIpc) is 2.75. The molecule has 1 N–H and O–H groups in total. The molecule has 29 heavy (non-hydrogen) atoms. The summed E-state index contributed by atoms with van der Waals surface area (Å²) in [6.07, 6.45) is 3.94. The number of aromatic nitrogens is 1. The number of piperazine rings is 1. The highest BCUT2D eigenvalue weighted by atomic mass is 35.5. The fourth-order valence-electron chi connectivity index (χ4n) is 4.22. The lowest BCUT2D eigenvalue weighted by atomic mass is 9.91. The summed E-state index contributed by atoms with van der Waals surface area (Å²) in [5, 5.41) is 4.33. The Bertz CT molecular complexity index is 952. The van der Waals surface area contributed by atoms with E-state index in [9.17, 15) is 0 Å². The van der Waals surface area contributed by atoms with E-state index < -0.39 is 0 Å². The molecular formula is C25H28ClN3. The zero-order valence-corrected chi connectivity index (χ0v) is 17.9. The van der Waals surface area contributed by atoms with E-state index in [-0.39, 0.29) is 0 Å². The van der Waals surface area contributed by atoms with Gasteiger partial charge in [-0.3, -0.25) is 9.88 Å². The predicted molar refractivity (Wildman–Crippen MR) is 121 cm³/mol. The van der Waals surface area contributed by atoms with Gasteiger partial charge in [-0.1, -0.05) is 61.8 Å². The second kappa shape index (κ2) is 9.08. The molecule has 1 fully saturated rings. The summed E-state index contributed by atoms with van der Waals surface area (Å²) >= 11 is 6.11. The van der Waals surface area contributed by atoms with Gasteiger partial charge in [-0.15, -0.1) is 0 Å². The van der Waals surface area contributed by atoms with E-state index >= 15 is 0 Å². The third kappa shape index (κ3) is 4.53. The van der Waals surface area contributed by atoms with Gasteiger partial charge in [0.15, 0.2) is 0 Å². The van der Waals surface area contributed by atoms with Crippen molar-refractivity contribution in [3.05, 3.63) is 88.7 Å². The van der Waals surface area contributed by atoms with Crippen molar-refractivity contribution in [2.24, 2.45) is 0 Å². The molecule has 0 amide bonds. The summed E-state index contributed by atoms with van der Waals surface area (Å²) in [4.78, 5) is 7.02. The first kappa shape index (κ1) is 20.1. The summed E-state index contributed by atoms with van der Waals surface area (Å²) < 4.78 is 0. The van der Waals surface area contributed by atoms with Crippen molar-refractivity contribution in [2.75, 3.05) is 19.6 Å². The molecule has 0 radical (unpaired) electrons. The molecule has 1 aliphatic rings. The monoisotopic (exact) mass is 405 g/mol. The smallest absolute Gasteiger partial charge is 0.0476 e. The lowest BCUT2D eigenvalue weighted by Crippen LogP contribution is -2.45. The van der Waals surface area contributed by atoms with Gasteiger partial charge in [0, 0.05) is 55.2 Å². The van der Waals surface area contributed by atoms with Crippen molar-refractivity contribution < 1.29 is 0 Å². The van der Waals surface area contributed by atoms with Crippen LogP contribution in [0.3, 0.4) is 0 Å². The number of nitrogens with one attached hydrogen (secondary N) is 1. The molecule has 0 aliphatic carbocycles. The van der Waals surface area contributed by atoms with Crippen molar-refractivity contribution in [3.8, 4) is 11.1 Å². The van der Waals surface area contributed by atoms with Crippen LogP contribution in [-0.2, 0) is 6.54 Å². The van der Waals surface area contributed by atoms with Gasteiger partial charge in [0.2, 0.25) is 0 Å². The van der Waals surface area contributed by atoms with Crippen LogP contribution >= 0.6 is 11.6 Å². The van der Waals surface area contributed by atoms with E-state index in [1.807, 2.05) is 24.5 Å². The highest BCUT2D eigenvalue weighted by Crippen LogP contribution is 2.33. The number of halogens is 1. The van der Waals surface area contributed by atoms with E-state index in [0.29, 0.717) is 12.0 Å². The van der Waals surface area contributed by atoms with Gasteiger partial charge in [0.25, 0.3) is 0 Å². The van der Waals surface area contributed by atoms with Crippen LogP contribution in [-0.4, -0.2) is 29.5 Å². The van der Waals surface area contributed by atoms with E-state index in [1.54, 1.807) is 0 Å². The second-order valence-corrected chi connectivity index (χ2v) is 8.45. The van der Waals surface area contributed by atoms with Gasteiger partial charge in [0.05, 0.1) is 0 Å². The summed E-state index contributed by atoms with van der Waals surface area (Å²) in [7, 11) is 0. The van der Waals surface area contributed by atoms with Crippen LogP contribution < -0.4 is 5.32 Å². The standard InChI is InChI=1S/C25H28ClN3/c1-18(2)22-5-3-4-6-23(22)24-15-27-12-11-20(24)17-29-14-13-28-16-25(29)19-7-9-21(26)10-8-19/h3-12,15,18,25,28H,13-14,16-17H2,1-2H3/t25-/m0/s1.